The van der Waals surface area contributed by atoms with Crippen molar-refractivity contribution >= 4 is 0 Å². The van der Waals surface area contributed by atoms with E-state index in [2.05, 4.69) is 62.7 Å². The highest BCUT2D eigenvalue weighted by molar-refractivity contribution is 5.69. The molecule has 1 heterocycles. The van der Waals surface area contributed by atoms with Crippen LogP contribution in [-0.4, -0.2) is 9.78 Å². The lowest BCUT2D eigenvalue weighted by Gasteiger charge is -2.12. The number of rotatable bonds is 6. The van der Waals surface area contributed by atoms with Gasteiger partial charge >= 0.3 is 0 Å². The summed E-state index contributed by atoms with van der Waals surface area (Å²) >= 11 is 0. The third-order valence-electron chi connectivity index (χ3n) is 3.61. The van der Waals surface area contributed by atoms with Gasteiger partial charge in [-0.05, 0) is 32.3 Å². The molecule has 2 heteroatoms. The molecule has 0 fully saturated rings. The Hall–Kier alpha value is -1.57. The van der Waals surface area contributed by atoms with Gasteiger partial charge in [0, 0.05) is 17.3 Å². The molecule has 0 aliphatic rings. The van der Waals surface area contributed by atoms with Gasteiger partial charge in [0.15, 0.2) is 0 Å². The lowest BCUT2D eigenvalue weighted by Crippen LogP contribution is -2.08. The Morgan fingerprint density at radius 1 is 1.00 bits per heavy atom. The molecule has 0 saturated heterocycles. The molecule has 0 aliphatic carbocycles. The summed E-state index contributed by atoms with van der Waals surface area (Å²) in [4.78, 5) is 0. The number of hydrogen-bond donors (Lipinski definition) is 0. The SMILES string of the molecule is CCCc1nn(C(C)C)c(CCC)c1-c1ccccc1. The fourth-order valence-electron chi connectivity index (χ4n) is 2.77. The van der Waals surface area contributed by atoms with Gasteiger partial charge in [0.2, 0.25) is 0 Å². The lowest BCUT2D eigenvalue weighted by molar-refractivity contribution is 0.502. The van der Waals surface area contributed by atoms with Gasteiger partial charge in [0.05, 0.1) is 5.69 Å². The molecule has 1 aromatic carbocycles. The first kappa shape index (κ1) is 14.8. The second-order valence-corrected chi connectivity index (χ2v) is 5.67. The Kier molecular flexibility index (Phi) is 4.99. The Morgan fingerprint density at radius 3 is 2.20 bits per heavy atom. The second-order valence-electron chi connectivity index (χ2n) is 5.67. The molecule has 0 atom stereocenters. The van der Waals surface area contributed by atoms with E-state index in [1.807, 2.05) is 0 Å². The van der Waals surface area contributed by atoms with Crippen molar-refractivity contribution in [3.8, 4) is 11.1 Å². The van der Waals surface area contributed by atoms with Gasteiger partial charge in [-0.1, -0.05) is 57.0 Å². The van der Waals surface area contributed by atoms with Gasteiger partial charge in [-0.2, -0.15) is 5.10 Å². The highest BCUT2D eigenvalue weighted by atomic mass is 15.3. The number of aryl methyl sites for hydroxylation is 1. The molecule has 0 radical (unpaired) electrons. The lowest BCUT2D eigenvalue weighted by atomic mass is 9.99. The van der Waals surface area contributed by atoms with Crippen LogP contribution in [0.5, 0.6) is 0 Å². The number of hydrogen-bond acceptors (Lipinski definition) is 1. The molecule has 0 bridgehead atoms. The minimum Gasteiger partial charge on any atom is -0.266 e. The average molecular weight is 270 g/mol. The minimum atomic E-state index is 0.421. The van der Waals surface area contributed by atoms with Crippen molar-refractivity contribution in [2.75, 3.05) is 0 Å². The third kappa shape index (κ3) is 2.95. The van der Waals surface area contributed by atoms with Crippen LogP contribution in [0.3, 0.4) is 0 Å². The maximum absolute atomic E-state index is 4.91. The molecule has 0 unspecified atom stereocenters. The smallest absolute Gasteiger partial charge is 0.0705 e. The van der Waals surface area contributed by atoms with E-state index in [1.54, 1.807) is 0 Å². The zero-order valence-corrected chi connectivity index (χ0v) is 13.2. The van der Waals surface area contributed by atoms with Crippen LogP contribution < -0.4 is 0 Å². The van der Waals surface area contributed by atoms with Crippen molar-refractivity contribution in [1.82, 2.24) is 9.78 Å². The molecular weight excluding hydrogens is 244 g/mol. The van der Waals surface area contributed by atoms with Crippen LogP contribution in [0.4, 0.5) is 0 Å². The second kappa shape index (κ2) is 6.74. The molecule has 1 aromatic heterocycles. The number of aromatic nitrogens is 2. The van der Waals surface area contributed by atoms with Gasteiger partial charge in [-0.3, -0.25) is 4.68 Å². The fourth-order valence-corrected chi connectivity index (χ4v) is 2.77. The van der Waals surface area contributed by atoms with Crippen LogP contribution in [0.15, 0.2) is 30.3 Å². The monoisotopic (exact) mass is 270 g/mol. The van der Waals surface area contributed by atoms with E-state index < -0.39 is 0 Å². The molecule has 0 spiro atoms. The van der Waals surface area contributed by atoms with Crippen molar-refractivity contribution in [3.05, 3.63) is 41.7 Å². The van der Waals surface area contributed by atoms with Crippen molar-refractivity contribution in [2.24, 2.45) is 0 Å². The molecule has 0 N–H and O–H groups in total. The number of nitrogens with zero attached hydrogens (tertiary/aromatic N) is 2. The van der Waals surface area contributed by atoms with Crippen molar-refractivity contribution in [3.63, 3.8) is 0 Å². The Labute approximate surface area is 122 Å². The fraction of sp³-hybridized carbons (Fsp3) is 0.500. The van der Waals surface area contributed by atoms with Gasteiger partial charge in [0.25, 0.3) is 0 Å². The van der Waals surface area contributed by atoms with E-state index in [-0.39, 0.29) is 0 Å². The Balaban J connectivity index is 2.61. The maximum atomic E-state index is 4.91. The quantitative estimate of drug-likeness (QED) is 0.719. The molecule has 0 aliphatic heterocycles. The van der Waals surface area contributed by atoms with Crippen molar-refractivity contribution in [2.45, 2.75) is 59.4 Å². The van der Waals surface area contributed by atoms with Crippen LogP contribution in [0, 0.1) is 0 Å². The highest BCUT2D eigenvalue weighted by Gasteiger charge is 2.19. The first-order chi connectivity index (χ1) is 9.69. The standard InChI is InChI=1S/C18H26N2/c1-5-10-16-18(15-12-8-7-9-13-15)17(11-6-2)20(19-16)14(3)4/h7-9,12-14H,5-6,10-11H2,1-4H3. The first-order valence-corrected chi connectivity index (χ1v) is 7.84. The van der Waals surface area contributed by atoms with Crippen LogP contribution in [0.25, 0.3) is 11.1 Å². The predicted molar refractivity (Wildman–Crippen MR) is 86.0 cm³/mol. The molecule has 20 heavy (non-hydrogen) atoms. The van der Waals surface area contributed by atoms with Gasteiger partial charge in [-0.25, -0.2) is 0 Å². The topological polar surface area (TPSA) is 17.8 Å². The highest BCUT2D eigenvalue weighted by Crippen LogP contribution is 2.31. The first-order valence-electron chi connectivity index (χ1n) is 7.84. The van der Waals surface area contributed by atoms with E-state index in [4.69, 9.17) is 5.10 Å². The number of benzene rings is 1. The molecule has 0 saturated carbocycles. The average Bonchev–Trinajstić information content (AvgIpc) is 2.79. The largest absolute Gasteiger partial charge is 0.266 e. The van der Waals surface area contributed by atoms with E-state index in [0.717, 1.165) is 25.7 Å². The Morgan fingerprint density at radius 2 is 1.65 bits per heavy atom. The molecule has 108 valence electrons. The van der Waals surface area contributed by atoms with Crippen molar-refractivity contribution in [1.29, 1.82) is 0 Å². The minimum absolute atomic E-state index is 0.421. The van der Waals surface area contributed by atoms with E-state index in [1.165, 1.54) is 22.5 Å². The van der Waals surface area contributed by atoms with Gasteiger partial charge in [0.1, 0.15) is 0 Å². The summed E-state index contributed by atoms with van der Waals surface area (Å²) in [5.74, 6) is 0. The third-order valence-corrected chi connectivity index (χ3v) is 3.61. The van der Waals surface area contributed by atoms with E-state index >= 15 is 0 Å². The molecular formula is C18H26N2. The zero-order valence-electron chi connectivity index (χ0n) is 13.2. The summed E-state index contributed by atoms with van der Waals surface area (Å²) in [6.07, 6.45) is 4.45. The van der Waals surface area contributed by atoms with Crippen LogP contribution in [-0.2, 0) is 12.8 Å². The molecule has 0 amide bonds. The molecule has 2 aromatic rings. The predicted octanol–water partition coefficient (Wildman–Crippen LogP) is 5.04. The summed E-state index contributed by atoms with van der Waals surface area (Å²) in [5, 5.41) is 4.91. The maximum Gasteiger partial charge on any atom is 0.0705 e. The molecule has 2 nitrogen and oxygen atoms in total. The van der Waals surface area contributed by atoms with E-state index in [0.29, 0.717) is 6.04 Å². The summed E-state index contributed by atoms with van der Waals surface area (Å²) in [7, 11) is 0. The van der Waals surface area contributed by atoms with Crippen molar-refractivity contribution < 1.29 is 0 Å². The summed E-state index contributed by atoms with van der Waals surface area (Å²) in [6.45, 7) is 8.90. The summed E-state index contributed by atoms with van der Waals surface area (Å²) in [5.41, 5.74) is 5.35. The van der Waals surface area contributed by atoms with E-state index in [9.17, 15) is 0 Å². The normalized spacial score (nSPS) is 11.2. The Bertz CT molecular complexity index is 538. The molecule has 2 rings (SSSR count). The van der Waals surface area contributed by atoms with Gasteiger partial charge in [-0.15, -0.1) is 0 Å². The summed E-state index contributed by atoms with van der Waals surface area (Å²) in [6, 6.07) is 11.2. The van der Waals surface area contributed by atoms with Gasteiger partial charge < -0.3 is 0 Å². The van der Waals surface area contributed by atoms with Crippen LogP contribution >= 0.6 is 0 Å². The van der Waals surface area contributed by atoms with Crippen LogP contribution in [0.2, 0.25) is 0 Å². The summed E-state index contributed by atoms with van der Waals surface area (Å²) < 4.78 is 2.23. The van der Waals surface area contributed by atoms with Crippen LogP contribution in [0.1, 0.15) is 58.0 Å². The zero-order chi connectivity index (χ0) is 14.5.